The van der Waals surface area contributed by atoms with Crippen LogP contribution in [-0.4, -0.2) is 15.8 Å². The fourth-order valence-electron chi connectivity index (χ4n) is 1.87. The Kier molecular flexibility index (Phi) is 3.90. The molecule has 1 aromatic heterocycles. The van der Waals surface area contributed by atoms with Crippen LogP contribution in [0, 0.1) is 26.2 Å². The fraction of sp³-hybridized carbons (Fsp3) is 0.214. The van der Waals surface area contributed by atoms with Gasteiger partial charge in [-0.25, -0.2) is 4.98 Å². The van der Waals surface area contributed by atoms with E-state index in [-0.39, 0.29) is 11.8 Å². The van der Waals surface area contributed by atoms with Crippen molar-refractivity contribution in [3.63, 3.8) is 0 Å². The molecule has 0 saturated carbocycles. The molecule has 0 amide bonds. The Bertz CT molecular complexity index is 662. The average Bonchev–Trinajstić information content (AvgIpc) is 2.33. The number of hydrogen-bond donors (Lipinski definition) is 2. The van der Waals surface area contributed by atoms with Crippen molar-refractivity contribution in [2.45, 2.75) is 20.8 Å². The van der Waals surface area contributed by atoms with E-state index >= 15 is 0 Å². The molecule has 0 radical (unpaired) electrons. The minimum absolute atomic E-state index is 0.120. The molecular weight excluding hydrogens is 276 g/mol. The van der Waals surface area contributed by atoms with Gasteiger partial charge in [-0.15, -0.1) is 0 Å². The van der Waals surface area contributed by atoms with Crippen molar-refractivity contribution in [1.29, 1.82) is 5.41 Å². The largest absolute Gasteiger partial charge is 0.424 e. The molecule has 0 atom stereocenters. The molecule has 0 unspecified atom stereocenters. The van der Waals surface area contributed by atoms with Crippen LogP contribution in [0.25, 0.3) is 0 Å². The second kappa shape index (κ2) is 5.46. The van der Waals surface area contributed by atoms with E-state index in [1.54, 1.807) is 13.0 Å². The number of nitrogens with two attached hydrogens (primary N) is 1. The van der Waals surface area contributed by atoms with Gasteiger partial charge in [0.25, 0.3) is 0 Å². The highest BCUT2D eigenvalue weighted by atomic mass is 35.5. The predicted octanol–water partition coefficient (Wildman–Crippen LogP) is 3.13. The van der Waals surface area contributed by atoms with Gasteiger partial charge in [0.05, 0.1) is 0 Å². The Labute approximate surface area is 122 Å². The maximum atomic E-state index is 7.44. The lowest BCUT2D eigenvalue weighted by Crippen LogP contribution is -2.14. The first-order valence-electron chi connectivity index (χ1n) is 6.01. The summed E-state index contributed by atoms with van der Waals surface area (Å²) in [7, 11) is 0. The van der Waals surface area contributed by atoms with Gasteiger partial charge >= 0.3 is 6.01 Å². The zero-order chi connectivity index (χ0) is 14.9. The van der Waals surface area contributed by atoms with E-state index in [0.29, 0.717) is 22.2 Å². The molecule has 0 saturated heterocycles. The van der Waals surface area contributed by atoms with Gasteiger partial charge in [-0.3, -0.25) is 5.41 Å². The summed E-state index contributed by atoms with van der Waals surface area (Å²) in [6.45, 7) is 5.59. The average molecular weight is 291 g/mol. The number of benzene rings is 1. The van der Waals surface area contributed by atoms with Gasteiger partial charge in [0.2, 0.25) is 0 Å². The Morgan fingerprint density at radius 3 is 2.30 bits per heavy atom. The second-order valence-electron chi connectivity index (χ2n) is 4.56. The summed E-state index contributed by atoms with van der Waals surface area (Å²) in [5.74, 6) is 0.541. The molecule has 20 heavy (non-hydrogen) atoms. The Balaban J connectivity index is 2.42. The van der Waals surface area contributed by atoms with E-state index in [4.69, 9.17) is 27.5 Å². The molecule has 2 aromatic rings. The molecule has 0 spiro atoms. The first kappa shape index (κ1) is 14.3. The van der Waals surface area contributed by atoms with Crippen LogP contribution < -0.4 is 10.5 Å². The van der Waals surface area contributed by atoms with Crippen LogP contribution in [0.2, 0.25) is 5.02 Å². The summed E-state index contributed by atoms with van der Waals surface area (Å²) in [6.07, 6.45) is 0. The number of nitrogens with zero attached hydrogens (tertiary/aromatic N) is 2. The SMILES string of the molecule is Cc1cc(C(=N)N)nc(Oc2c(C)cc(Cl)cc2C)n1. The van der Waals surface area contributed by atoms with Crippen LogP contribution in [-0.2, 0) is 0 Å². The Morgan fingerprint density at radius 2 is 1.75 bits per heavy atom. The van der Waals surface area contributed by atoms with Crippen molar-refractivity contribution in [3.05, 3.63) is 45.7 Å². The Morgan fingerprint density at radius 1 is 1.15 bits per heavy atom. The van der Waals surface area contributed by atoms with E-state index < -0.39 is 0 Å². The second-order valence-corrected chi connectivity index (χ2v) is 5.00. The summed E-state index contributed by atoms with van der Waals surface area (Å²) in [5, 5.41) is 8.09. The maximum absolute atomic E-state index is 7.44. The minimum atomic E-state index is -0.120. The van der Waals surface area contributed by atoms with Crippen LogP contribution in [0.1, 0.15) is 22.5 Å². The zero-order valence-electron chi connectivity index (χ0n) is 11.5. The lowest BCUT2D eigenvalue weighted by Gasteiger charge is -2.11. The first-order valence-corrected chi connectivity index (χ1v) is 6.39. The van der Waals surface area contributed by atoms with Crippen LogP contribution >= 0.6 is 11.6 Å². The molecule has 1 heterocycles. The standard InChI is InChI=1S/C14H15ClN4O/c1-7-4-10(15)5-8(2)12(7)20-14-18-9(3)6-11(19-14)13(16)17/h4-6H,1-3H3,(H3,16,17). The van der Waals surface area contributed by atoms with Gasteiger partial charge in [-0.2, -0.15) is 4.98 Å². The molecule has 0 aliphatic heterocycles. The van der Waals surface area contributed by atoms with E-state index in [0.717, 1.165) is 11.1 Å². The molecule has 5 nitrogen and oxygen atoms in total. The van der Waals surface area contributed by atoms with Crippen LogP contribution in [0.5, 0.6) is 11.8 Å². The summed E-state index contributed by atoms with van der Waals surface area (Å²) >= 11 is 5.99. The third kappa shape index (κ3) is 3.05. The molecule has 0 aliphatic carbocycles. The van der Waals surface area contributed by atoms with E-state index in [1.807, 2.05) is 26.0 Å². The van der Waals surface area contributed by atoms with Crippen LogP contribution in [0.3, 0.4) is 0 Å². The van der Waals surface area contributed by atoms with Gasteiger partial charge in [-0.05, 0) is 50.1 Å². The van der Waals surface area contributed by atoms with Crippen molar-refractivity contribution in [2.75, 3.05) is 0 Å². The van der Waals surface area contributed by atoms with Crippen molar-refractivity contribution in [3.8, 4) is 11.8 Å². The molecule has 0 aliphatic rings. The Hall–Kier alpha value is -2.14. The lowest BCUT2D eigenvalue weighted by atomic mass is 10.1. The number of ether oxygens (including phenoxy) is 1. The van der Waals surface area contributed by atoms with Crippen LogP contribution in [0.15, 0.2) is 18.2 Å². The molecule has 104 valence electrons. The number of amidine groups is 1. The minimum Gasteiger partial charge on any atom is -0.424 e. The number of aryl methyl sites for hydroxylation is 3. The molecule has 0 fully saturated rings. The summed E-state index contributed by atoms with van der Waals surface area (Å²) in [6, 6.07) is 5.43. The van der Waals surface area contributed by atoms with Crippen molar-refractivity contribution >= 4 is 17.4 Å². The maximum Gasteiger partial charge on any atom is 0.322 e. The monoisotopic (exact) mass is 290 g/mol. The van der Waals surface area contributed by atoms with Crippen molar-refractivity contribution < 1.29 is 4.74 Å². The number of nitrogen functional groups attached to an aromatic ring is 1. The highest BCUT2D eigenvalue weighted by Gasteiger charge is 2.11. The molecule has 6 heteroatoms. The number of halogens is 1. The smallest absolute Gasteiger partial charge is 0.322 e. The number of hydrogen-bond acceptors (Lipinski definition) is 4. The molecule has 2 rings (SSSR count). The fourth-order valence-corrected chi connectivity index (χ4v) is 2.20. The van der Waals surface area contributed by atoms with E-state index in [2.05, 4.69) is 9.97 Å². The topological polar surface area (TPSA) is 84.9 Å². The lowest BCUT2D eigenvalue weighted by molar-refractivity contribution is 0.433. The van der Waals surface area contributed by atoms with Gasteiger partial charge in [-0.1, -0.05) is 11.6 Å². The number of aromatic nitrogens is 2. The molecule has 0 bridgehead atoms. The highest BCUT2D eigenvalue weighted by molar-refractivity contribution is 6.30. The zero-order valence-corrected chi connectivity index (χ0v) is 12.2. The molecule has 1 aromatic carbocycles. The van der Waals surface area contributed by atoms with E-state index in [1.165, 1.54) is 0 Å². The summed E-state index contributed by atoms with van der Waals surface area (Å²) in [5.41, 5.74) is 8.26. The van der Waals surface area contributed by atoms with Gasteiger partial charge in [0, 0.05) is 10.7 Å². The molecule has 3 N–H and O–H groups in total. The summed E-state index contributed by atoms with van der Waals surface area (Å²) in [4.78, 5) is 8.31. The third-order valence-electron chi connectivity index (χ3n) is 2.73. The predicted molar refractivity (Wildman–Crippen MR) is 78.8 cm³/mol. The summed E-state index contributed by atoms with van der Waals surface area (Å²) < 4.78 is 5.73. The van der Waals surface area contributed by atoms with Crippen molar-refractivity contribution in [1.82, 2.24) is 9.97 Å². The highest BCUT2D eigenvalue weighted by Crippen LogP contribution is 2.30. The number of rotatable bonds is 3. The van der Waals surface area contributed by atoms with Crippen LogP contribution in [0.4, 0.5) is 0 Å². The molecular formula is C14H15ClN4O. The normalized spacial score (nSPS) is 10.4. The number of nitrogens with one attached hydrogen (secondary N) is 1. The van der Waals surface area contributed by atoms with Gasteiger partial charge in [0.15, 0.2) is 0 Å². The van der Waals surface area contributed by atoms with Gasteiger partial charge in [0.1, 0.15) is 17.3 Å². The third-order valence-corrected chi connectivity index (χ3v) is 2.95. The van der Waals surface area contributed by atoms with E-state index in [9.17, 15) is 0 Å². The first-order chi connectivity index (χ1) is 9.36. The quantitative estimate of drug-likeness (QED) is 0.672. The van der Waals surface area contributed by atoms with Gasteiger partial charge < -0.3 is 10.5 Å². The van der Waals surface area contributed by atoms with Crippen molar-refractivity contribution in [2.24, 2.45) is 5.73 Å².